The number of allylic oxidation sites excluding steroid dienone is 4. The lowest BCUT2D eigenvalue weighted by molar-refractivity contribution is -0.143. The van der Waals surface area contributed by atoms with Gasteiger partial charge in [-0.15, -0.1) is 0 Å². The molecule has 1 amide bonds. The number of ether oxygens (including phenoxy) is 1. The van der Waals surface area contributed by atoms with Crippen molar-refractivity contribution in [1.29, 1.82) is 0 Å². The Bertz CT molecular complexity index is 1010. The standard InChI is InChI=1S/C59H113NO5/c1-3-5-7-9-11-13-15-17-19-20-21-22-23-24-25-26-27-29-30-32-35-39-43-47-51-57(62)56(55-61)60-58(63)52-48-44-40-36-34-38-42-46-50-54-65-59(64)53-49-45-41-37-33-31-28-18-16-14-12-10-8-6-4-2/h18,28,36,40,56-57,61-62H,3-17,19-27,29-35,37-39,41-55H2,1-2H3,(H,60,63)/b28-18-,40-36-. The van der Waals surface area contributed by atoms with E-state index in [0.29, 0.717) is 25.9 Å². The van der Waals surface area contributed by atoms with Gasteiger partial charge in [-0.2, -0.15) is 0 Å². The van der Waals surface area contributed by atoms with Gasteiger partial charge in [-0.3, -0.25) is 9.59 Å². The van der Waals surface area contributed by atoms with E-state index in [9.17, 15) is 19.8 Å². The van der Waals surface area contributed by atoms with Crippen LogP contribution >= 0.6 is 0 Å². The lowest BCUT2D eigenvalue weighted by Gasteiger charge is -2.22. The Kier molecular flexibility index (Phi) is 53.5. The summed E-state index contributed by atoms with van der Waals surface area (Å²) in [7, 11) is 0. The van der Waals surface area contributed by atoms with Crippen LogP contribution in [0.2, 0.25) is 0 Å². The van der Waals surface area contributed by atoms with Gasteiger partial charge in [0.1, 0.15) is 0 Å². The minimum Gasteiger partial charge on any atom is -0.466 e. The maximum Gasteiger partial charge on any atom is 0.305 e. The molecule has 0 aliphatic carbocycles. The normalized spacial score (nSPS) is 12.7. The topological polar surface area (TPSA) is 95.9 Å². The predicted octanol–water partition coefficient (Wildman–Crippen LogP) is 17.9. The zero-order valence-electron chi connectivity index (χ0n) is 43.7. The number of unbranched alkanes of at least 4 members (excludes halogenated alkanes) is 39. The lowest BCUT2D eigenvalue weighted by atomic mass is 10.0. The Morgan fingerprint density at radius 2 is 0.738 bits per heavy atom. The molecule has 6 heteroatoms. The molecular formula is C59H113NO5. The van der Waals surface area contributed by atoms with Crippen LogP contribution in [0.4, 0.5) is 0 Å². The minimum absolute atomic E-state index is 0.0426. The second-order valence-electron chi connectivity index (χ2n) is 20.0. The number of carbonyl (C=O) groups is 2. The van der Waals surface area contributed by atoms with Gasteiger partial charge in [0.05, 0.1) is 25.4 Å². The van der Waals surface area contributed by atoms with Crippen molar-refractivity contribution in [3.63, 3.8) is 0 Å². The Morgan fingerprint density at radius 1 is 0.415 bits per heavy atom. The van der Waals surface area contributed by atoms with E-state index in [0.717, 1.165) is 70.6 Å². The largest absolute Gasteiger partial charge is 0.466 e. The van der Waals surface area contributed by atoms with Gasteiger partial charge in [-0.25, -0.2) is 0 Å². The van der Waals surface area contributed by atoms with E-state index in [1.165, 1.54) is 212 Å². The Labute approximate surface area is 405 Å². The SMILES string of the molecule is CCCCCCCC/C=C\CCCCCCCC(=O)OCCCCCC/C=C\CCCC(=O)NC(CO)C(O)CCCCCCCCCCCCCCCCCCCCCCCCCC. The van der Waals surface area contributed by atoms with Gasteiger partial charge in [0.2, 0.25) is 5.91 Å². The van der Waals surface area contributed by atoms with Crippen molar-refractivity contribution < 1.29 is 24.5 Å². The quantitative estimate of drug-likeness (QED) is 0.0321. The van der Waals surface area contributed by atoms with Crippen LogP contribution in [0.3, 0.4) is 0 Å². The summed E-state index contributed by atoms with van der Waals surface area (Å²) in [4.78, 5) is 24.5. The summed E-state index contributed by atoms with van der Waals surface area (Å²) in [6, 6.07) is -0.580. The highest BCUT2D eigenvalue weighted by atomic mass is 16.5. The van der Waals surface area contributed by atoms with Crippen molar-refractivity contribution in [1.82, 2.24) is 5.32 Å². The molecule has 0 saturated carbocycles. The number of hydrogen-bond donors (Lipinski definition) is 3. The summed E-state index contributed by atoms with van der Waals surface area (Å²) < 4.78 is 5.44. The van der Waals surface area contributed by atoms with Crippen LogP contribution in [-0.4, -0.2) is 47.4 Å². The first-order chi connectivity index (χ1) is 32.0. The van der Waals surface area contributed by atoms with E-state index in [4.69, 9.17) is 4.74 Å². The van der Waals surface area contributed by atoms with Gasteiger partial charge in [-0.1, -0.05) is 256 Å². The smallest absolute Gasteiger partial charge is 0.305 e. The fourth-order valence-electron chi connectivity index (χ4n) is 8.99. The first-order valence-corrected chi connectivity index (χ1v) is 29.1. The highest BCUT2D eigenvalue weighted by Gasteiger charge is 2.20. The van der Waals surface area contributed by atoms with Gasteiger partial charge >= 0.3 is 5.97 Å². The van der Waals surface area contributed by atoms with Crippen LogP contribution < -0.4 is 5.32 Å². The zero-order valence-corrected chi connectivity index (χ0v) is 43.7. The molecule has 6 nitrogen and oxygen atoms in total. The molecule has 2 atom stereocenters. The van der Waals surface area contributed by atoms with Crippen molar-refractivity contribution in [2.75, 3.05) is 13.2 Å². The van der Waals surface area contributed by atoms with Crippen LogP contribution in [0.15, 0.2) is 24.3 Å². The highest BCUT2D eigenvalue weighted by molar-refractivity contribution is 5.76. The van der Waals surface area contributed by atoms with E-state index >= 15 is 0 Å². The average Bonchev–Trinajstić information content (AvgIpc) is 3.31. The Balaban J connectivity index is 3.51. The molecule has 0 radical (unpaired) electrons. The van der Waals surface area contributed by atoms with Crippen molar-refractivity contribution >= 4 is 11.9 Å². The fraction of sp³-hybridized carbons (Fsp3) is 0.898. The van der Waals surface area contributed by atoms with Gasteiger partial charge in [0.25, 0.3) is 0 Å². The number of esters is 1. The average molecular weight is 917 g/mol. The molecule has 0 aromatic carbocycles. The van der Waals surface area contributed by atoms with Crippen molar-refractivity contribution in [3.8, 4) is 0 Å². The lowest BCUT2D eigenvalue weighted by Crippen LogP contribution is -2.45. The molecule has 2 unspecified atom stereocenters. The molecule has 0 aromatic heterocycles. The van der Waals surface area contributed by atoms with E-state index in [-0.39, 0.29) is 18.5 Å². The molecule has 0 spiro atoms. The number of rotatable bonds is 54. The molecule has 384 valence electrons. The third-order valence-corrected chi connectivity index (χ3v) is 13.5. The second kappa shape index (κ2) is 54.9. The predicted molar refractivity (Wildman–Crippen MR) is 283 cm³/mol. The van der Waals surface area contributed by atoms with E-state index in [1.807, 2.05) is 0 Å². The van der Waals surface area contributed by atoms with Crippen molar-refractivity contribution in [3.05, 3.63) is 24.3 Å². The second-order valence-corrected chi connectivity index (χ2v) is 20.0. The van der Waals surface area contributed by atoms with Crippen LogP contribution in [0, 0.1) is 0 Å². The van der Waals surface area contributed by atoms with E-state index < -0.39 is 12.1 Å². The number of amides is 1. The molecule has 0 saturated heterocycles. The van der Waals surface area contributed by atoms with Gasteiger partial charge in [0.15, 0.2) is 0 Å². The molecule has 65 heavy (non-hydrogen) atoms. The zero-order chi connectivity index (χ0) is 47.2. The summed E-state index contributed by atoms with van der Waals surface area (Å²) in [6.45, 7) is 4.87. The summed E-state index contributed by atoms with van der Waals surface area (Å²) in [5.41, 5.74) is 0. The van der Waals surface area contributed by atoms with Gasteiger partial charge in [-0.05, 0) is 70.6 Å². The molecule has 0 rings (SSSR count). The third-order valence-electron chi connectivity index (χ3n) is 13.5. The highest BCUT2D eigenvalue weighted by Crippen LogP contribution is 2.17. The molecule has 0 heterocycles. The van der Waals surface area contributed by atoms with Crippen molar-refractivity contribution in [2.24, 2.45) is 0 Å². The first kappa shape index (κ1) is 63.3. The molecule has 0 aromatic rings. The Hall–Kier alpha value is -1.66. The number of nitrogens with one attached hydrogen (secondary N) is 1. The maximum absolute atomic E-state index is 12.5. The molecule has 0 bridgehead atoms. The fourth-order valence-corrected chi connectivity index (χ4v) is 8.99. The van der Waals surface area contributed by atoms with Gasteiger partial charge < -0.3 is 20.3 Å². The Morgan fingerprint density at radius 3 is 1.12 bits per heavy atom. The minimum atomic E-state index is -0.697. The summed E-state index contributed by atoms with van der Waals surface area (Å²) in [5.74, 6) is -0.136. The summed E-state index contributed by atoms with van der Waals surface area (Å²) >= 11 is 0. The van der Waals surface area contributed by atoms with E-state index in [2.05, 4.69) is 43.5 Å². The molecule has 0 aliphatic heterocycles. The first-order valence-electron chi connectivity index (χ1n) is 29.1. The molecule has 3 N–H and O–H groups in total. The number of aliphatic hydroxyl groups excluding tert-OH is 2. The number of hydrogen-bond acceptors (Lipinski definition) is 5. The van der Waals surface area contributed by atoms with E-state index in [1.54, 1.807) is 0 Å². The number of aliphatic hydroxyl groups is 2. The van der Waals surface area contributed by atoms with Gasteiger partial charge in [0, 0.05) is 12.8 Å². The van der Waals surface area contributed by atoms with Crippen molar-refractivity contribution in [2.45, 2.75) is 328 Å². The summed E-state index contributed by atoms with van der Waals surface area (Å²) in [5, 5.41) is 23.3. The third kappa shape index (κ3) is 51.6. The maximum atomic E-state index is 12.5. The molecule has 0 aliphatic rings. The van der Waals surface area contributed by atoms with Crippen LogP contribution in [-0.2, 0) is 14.3 Å². The van der Waals surface area contributed by atoms with Crippen LogP contribution in [0.1, 0.15) is 316 Å². The summed E-state index contributed by atoms with van der Waals surface area (Å²) in [6.07, 6.45) is 66.1. The molecule has 0 fully saturated rings. The van der Waals surface area contributed by atoms with Crippen LogP contribution in [0.25, 0.3) is 0 Å². The number of carbonyl (C=O) groups excluding carboxylic acids is 2. The molecular weight excluding hydrogens is 803 g/mol. The monoisotopic (exact) mass is 916 g/mol. The van der Waals surface area contributed by atoms with Crippen LogP contribution in [0.5, 0.6) is 0 Å².